The highest BCUT2D eigenvalue weighted by Crippen LogP contribution is 2.34. The summed E-state index contributed by atoms with van der Waals surface area (Å²) in [4.78, 5) is 37.7. The maximum atomic E-state index is 12.7. The number of nitrogens with zero attached hydrogens (tertiary/aromatic N) is 1. The van der Waals surface area contributed by atoms with Crippen LogP contribution in [0.2, 0.25) is 0 Å². The summed E-state index contributed by atoms with van der Waals surface area (Å²) in [7, 11) is 0. The molecule has 2 amide bonds. The van der Waals surface area contributed by atoms with Gasteiger partial charge in [-0.1, -0.05) is 18.2 Å². The van der Waals surface area contributed by atoms with Crippen LogP contribution in [-0.4, -0.2) is 27.1 Å². The lowest BCUT2D eigenvalue weighted by molar-refractivity contribution is -0.123. The van der Waals surface area contributed by atoms with Gasteiger partial charge < -0.3 is 9.52 Å². The van der Waals surface area contributed by atoms with Crippen molar-refractivity contribution in [2.45, 2.75) is 13.5 Å². The average Bonchev–Trinajstić information content (AvgIpc) is 3.29. The van der Waals surface area contributed by atoms with Gasteiger partial charge in [0, 0.05) is 15.2 Å². The molecule has 0 bridgehead atoms. The summed E-state index contributed by atoms with van der Waals surface area (Å²) in [6, 6.07) is 15.9. The van der Waals surface area contributed by atoms with E-state index < -0.39 is 5.97 Å². The SMILES string of the molecule is Cc1cc(C(=O)O)ccc1-c1ccc(/C=C2\SC(=O)N(Cc3ccc(I)cc3)C2=O)o1. The fourth-order valence-electron chi connectivity index (χ4n) is 3.19. The molecule has 1 aliphatic rings. The molecule has 4 rings (SSSR count). The van der Waals surface area contributed by atoms with Crippen molar-refractivity contribution in [3.05, 3.63) is 85.5 Å². The zero-order valence-electron chi connectivity index (χ0n) is 16.3. The zero-order valence-corrected chi connectivity index (χ0v) is 19.3. The number of halogens is 1. The number of aromatic carboxylic acids is 1. The summed E-state index contributed by atoms with van der Waals surface area (Å²) in [5, 5.41) is 8.79. The van der Waals surface area contributed by atoms with Crippen molar-refractivity contribution >= 4 is 57.5 Å². The number of carbonyl (C=O) groups excluding carboxylic acids is 2. The van der Waals surface area contributed by atoms with Crippen LogP contribution in [0.3, 0.4) is 0 Å². The molecule has 1 N–H and O–H groups in total. The van der Waals surface area contributed by atoms with Crippen LogP contribution in [0, 0.1) is 10.5 Å². The lowest BCUT2D eigenvalue weighted by Crippen LogP contribution is -2.27. The molecule has 0 radical (unpaired) electrons. The second-order valence-electron chi connectivity index (χ2n) is 6.93. The Morgan fingerprint density at radius 3 is 2.55 bits per heavy atom. The maximum absolute atomic E-state index is 12.7. The van der Waals surface area contributed by atoms with Crippen molar-refractivity contribution < 1.29 is 23.9 Å². The molecule has 1 fully saturated rings. The Balaban J connectivity index is 1.54. The minimum absolute atomic E-state index is 0.204. The van der Waals surface area contributed by atoms with Gasteiger partial charge in [-0.3, -0.25) is 14.5 Å². The number of aryl methyl sites for hydroxylation is 1. The second kappa shape index (κ2) is 8.72. The Kier molecular flexibility index (Phi) is 6.01. The van der Waals surface area contributed by atoms with Gasteiger partial charge in [0.2, 0.25) is 0 Å². The average molecular weight is 545 g/mol. The van der Waals surface area contributed by atoms with E-state index >= 15 is 0 Å². The number of hydrogen-bond donors (Lipinski definition) is 1. The number of hydrogen-bond acceptors (Lipinski definition) is 5. The first-order valence-corrected chi connectivity index (χ1v) is 11.2. The van der Waals surface area contributed by atoms with E-state index in [1.165, 1.54) is 11.0 Å². The van der Waals surface area contributed by atoms with Crippen molar-refractivity contribution in [2.75, 3.05) is 0 Å². The molecule has 31 heavy (non-hydrogen) atoms. The fourth-order valence-corrected chi connectivity index (χ4v) is 4.36. The Morgan fingerprint density at radius 2 is 1.87 bits per heavy atom. The molecule has 0 aliphatic carbocycles. The topological polar surface area (TPSA) is 87.8 Å². The standard InChI is InChI=1S/C23H16INO5S/c1-13-10-15(22(27)28)4-8-18(13)19-9-7-17(30-19)11-20-21(26)25(23(29)31-20)12-14-2-5-16(24)6-3-14/h2-11H,12H2,1H3,(H,27,28)/b20-11-. The van der Waals surface area contributed by atoms with Crippen LogP contribution >= 0.6 is 34.4 Å². The molecular formula is C23H16INO5S. The number of rotatable bonds is 5. The highest BCUT2D eigenvalue weighted by atomic mass is 127. The van der Waals surface area contributed by atoms with Crippen LogP contribution in [0.15, 0.2) is 63.9 Å². The number of furan rings is 1. The predicted octanol–water partition coefficient (Wildman–Crippen LogP) is 5.79. The number of amides is 2. The van der Waals surface area contributed by atoms with Crippen LogP contribution in [-0.2, 0) is 11.3 Å². The zero-order chi connectivity index (χ0) is 22.1. The lowest BCUT2D eigenvalue weighted by atomic mass is 10.0. The summed E-state index contributed by atoms with van der Waals surface area (Å²) in [6.45, 7) is 2.03. The third-order valence-corrected chi connectivity index (χ3v) is 6.39. The van der Waals surface area contributed by atoms with Crippen molar-refractivity contribution in [2.24, 2.45) is 0 Å². The third-order valence-electron chi connectivity index (χ3n) is 4.77. The van der Waals surface area contributed by atoms with Crippen molar-refractivity contribution in [3.8, 4) is 11.3 Å². The normalized spacial score (nSPS) is 15.2. The number of carboxylic acids is 1. The van der Waals surface area contributed by atoms with Gasteiger partial charge in [-0.2, -0.15) is 0 Å². The number of thioether (sulfide) groups is 1. The third kappa shape index (κ3) is 4.59. The highest BCUT2D eigenvalue weighted by molar-refractivity contribution is 14.1. The van der Waals surface area contributed by atoms with E-state index in [-0.39, 0.29) is 23.3 Å². The summed E-state index contributed by atoms with van der Waals surface area (Å²) >= 11 is 3.08. The molecule has 0 saturated carbocycles. The van der Waals surface area contributed by atoms with E-state index in [4.69, 9.17) is 9.52 Å². The molecule has 8 heteroatoms. The van der Waals surface area contributed by atoms with Gasteiger partial charge in [0.1, 0.15) is 11.5 Å². The molecular weight excluding hydrogens is 529 g/mol. The Hall–Kier alpha value is -2.85. The molecule has 1 aromatic heterocycles. The molecule has 2 aromatic carbocycles. The number of imide groups is 1. The van der Waals surface area contributed by atoms with Gasteiger partial charge in [-0.15, -0.1) is 0 Å². The van der Waals surface area contributed by atoms with E-state index in [2.05, 4.69) is 22.6 Å². The van der Waals surface area contributed by atoms with Gasteiger partial charge in [0.05, 0.1) is 17.0 Å². The first-order valence-electron chi connectivity index (χ1n) is 9.26. The van der Waals surface area contributed by atoms with Gasteiger partial charge in [0.25, 0.3) is 11.1 Å². The number of benzene rings is 2. The summed E-state index contributed by atoms with van der Waals surface area (Å²) in [6.07, 6.45) is 1.56. The molecule has 1 aliphatic heterocycles. The lowest BCUT2D eigenvalue weighted by Gasteiger charge is -2.12. The van der Waals surface area contributed by atoms with Crippen molar-refractivity contribution in [3.63, 3.8) is 0 Å². The first kappa shape index (κ1) is 21.4. The van der Waals surface area contributed by atoms with Crippen LogP contribution in [0.4, 0.5) is 4.79 Å². The predicted molar refractivity (Wildman–Crippen MR) is 127 cm³/mol. The molecule has 3 aromatic rings. The Morgan fingerprint density at radius 1 is 1.13 bits per heavy atom. The largest absolute Gasteiger partial charge is 0.478 e. The van der Waals surface area contributed by atoms with Crippen LogP contribution in [0.1, 0.15) is 27.2 Å². The van der Waals surface area contributed by atoms with E-state index in [1.807, 2.05) is 24.3 Å². The van der Waals surface area contributed by atoms with Crippen LogP contribution in [0.25, 0.3) is 17.4 Å². The molecule has 2 heterocycles. The Bertz CT molecular complexity index is 1230. The smallest absolute Gasteiger partial charge is 0.335 e. The van der Waals surface area contributed by atoms with Gasteiger partial charge in [-0.05, 0) is 88.8 Å². The minimum atomic E-state index is -0.990. The molecule has 156 valence electrons. The number of carboxylic acid groups (broad SMARTS) is 1. The highest BCUT2D eigenvalue weighted by Gasteiger charge is 2.35. The monoisotopic (exact) mass is 545 g/mol. The van der Waals surface area contributed by atoms with Crippen LogP contribution in [0.5, 0.6) is 0 Å². The van der Waals surface area contributed by atoms with Gasteiger partial charge >= 0.3 is 5.97 Å². The summed E-state index contributed by atoms with van der Waals surface area (Å²) < 4.78 is 6.92. The van der Waals surface area contributed by atoms with Gasteiger partial charge in [0.15, 0.2) is 0 Å². The van der Waals surface area contributed by atoms with E-state index in [9.17, 15) is 14.4 Å². The van der Waals surface area contributed by atoms with Crippen LogP contribution < -0.4 is 0 Å². The summed E-state index contributed by atoms with van der Waals surface area (Å²) in [5.41, 5.74) is 2.61. The molecule has 0 spiro atoms. The number of carbonyl (C=O) groups is 3. The van der Waals surface area contributed by atoms with Crippen molar-refractivity contribution in [1.82, 2.24) is 4.90 Å². The molecule has 0 unspecified atom stereocenters. The van der Waals surface area contributed by atoms with Crippen molar-refractivity contribution in [1.29, 1.82) is 0 Å². The van der Waals surface area contributed by atoms with E-state index in [1.54, 1.807) is 37.3 Å². The van der Waals surface area contributed by atoms with E-state index in [0.29, 0.717) is 16.4 Å². The quantitative estimate of drug-likeness (QED) is 0.323. The first-order chi connectivity index (χ1) is 14.8. The molecule has 6 nitrogen and oxygen atoms in total. The second-order valence-corrected chi connectivity index (χ2v) is 9.17. The summed E-state index contributed by atoms with van der Waals surface area (Å²) in [5.74, 6) is -0.348. The molecule has 0 atom stereocenters. The molecule has 1 saturated heterocycles. The Labute approximate surface area is 196 Å². The minimum Gasteiger partial charge on any atom is -0.478 e. The van der Waals surface area contributed by atoms with Gasteiger partial charge in [-0.25, -0.2) is 4.79 Å². The van der Waals surface area contributed by atoms with E-state index in [0.717, 1.165) is 32.0 Å². The fraction of sp³-hybridized carbons (Fsp3) is 0.0870. The maximum Gasteiger partial charge on any atom is 0.335 e.